The van der Waals surface area contributed by atoms with Crippen molar-refractivity contribution in [1.82, 2.24) is 4.90 Å². The van der Waals surface area contributed by atoms with E-state index in [-0.39, 0.29) is 16.8 Å². The normalized spacial score (nSPS) is 12.6. The van der Waals surface area contributed by atoms with Crippen molar-refractivity contribution < 1.29 is 13.2 Å². The van der Waals surface area contributed by atoms with Crippen LogP contribution in [0.1, 0.15) is 29.7 Å². The van der Waals surface area contributed by atoms with Crippen molar-refractivity contribution in [3.63, 3.8) is 0 Å². The first-order valence-electron chi connectivity index (χ1n) is 8.20. The average molecular weight is 393 g/mol. The highest BCUT2D eigenvalue weighted by Gasteiger charge is 2.18. The molecule has 0 spiro atoms. The fraction of sp³-hybridized carbons (Fsp3) is 0.316. The number of benzene rings is 2. The van der Waals surface area contributed by atoms with Crippen LogP contribution in [0.25, 0.3) is 0 Å². The molecule has 7 heteroatoms. The number of thioether (sulfide) groups is 1. The van der Waals surface area contributed by atoms with Gasteiger partial charge in [-0.3, -0.25) is 4.79 Å². The molecule has 2 rings (SSSR count). The molecule has 0 saturated heterocycles. The summed E-state index contributed by atoms with van der Waals surface area (Å²) in [6.07, 6.45) is 0. The molecule has 5 nitrogen and oxygen atoms in total. The second-order valence-corrected chi connectivity index (χ2v) is 8.82. The first-order valence-corrected chi connectivity index (χ1v) is 10.9. The lowest BCUT2D eigenvalue weighted by Gasteiger charge is -2.25. The molecule has 0 radical (unpaired) electrons. The number of aryl methyl sites for hydroxylation is 1. The maximum Gasteiger partial charge on any atom is 0.238 e. The minimum absolute atomic E-state index is 0.0325. The number of hydrogen-bond acceptors (Lipinski definition) is 4. The van der Waals surface area contributed by atoms with Crippen LogP contribution < -0.4 is 5.14 Å². The van der Waals surface area contributed by atoms with Gasteiger partial charge in [0, 0.05) is 12.8 Å². The van der Waals surface area contributed by atoms with Crippen LogP contribution in [-0.4, -0.2) is 32.0 Å². The predicted octanol–water partition coefficient (Wildman–Crippen LogP) is 3.10. The molecule has 0 aliphatic heterocycles. The van der Waals surface area contributed by atoms with Gasteiger partial charge < -0.3 is 4.90 Å². The van der Waals surface area contributed by atoms with E-state index >= 15 is 0 Å². The van der Waals surface area contributed by atoms with Crippen LogP contribution in [-0.2, 0) is 20.6 Å². The van der Waals surface area contributed by atoms with Crippen LogP contribution in [0.3, 0.4) is 0 Å². The molecule has 140 valence electrons. The maximum absolute atomic E-state index is 12.4. The minimum atomic E-state index is -3.71. The number of nitrogens with two attached hydrogens (primary N) is 1. The van der Waals surface area contributed by atoms with E-state index in [4.69, 9.17) is 5.14 Å². The summed E-state index contributed by atoms with van der Waals surface area (Å²) in [6, 6.07) is 14.4. The van der Waals surface area contributed by atoms with Gasteiger partial charge in [0.25, 0.3) is 0 Å². The third-order valence-corrected chi connectivity index (χ3v) is 6.20. The van der Waals surface area contributed by atoms with Gasteiger partial charge in [0.1, 0.15) is 0 Å². The summed E-state index contributed by atoms with van der Waals surface area (Å²) < 4.78 is 22.6. The summed E-state index contributed by atoms with van der Waals surface area (Å²) in [6.45, 7) is 3.96. The topological polar surface area (TPSA) is 80.5 Å². The number of rotatable bonds is 7. The molecule has 1 unspecified atom stereocenters. The fourth-order valence-corrected chi connectivity index (χ4v) is 3.84. The first kappa shape index (κ1) is 20.5. The Morgan fingerprint density at radius 3 is 2.23 bits per heavy atom. The van der Waals surface area contributed by atoms with Crippen LogP contribution in [0.2, 0.25) is 0 Å². The third kappa shape index (κ3) is 5.59. The Bertz CT molecular complexity index is 847. The van der Waals surface area contributed by atoms with E-state index < -0.39 is 10.0 Å². The predicted molar refractivity (Wildman–Crippen MR) is 106 cm³/mol. The molecule has 0 fully saturated rings. The molecule has 0 heterocycles. The van der Waals surface area contributed by atoms with E-state index in [9.17, 15) is 13.2 Å². The smallest absolute Gasteiger partial charge is 0.238 e. The lowest BCUT2D eigenvalue weighted by molar-refractivity contribution is -0.128. The molecule has 2 aromatic rings. The Labute approximate surface area is 159 Å². The second-order valence-electron chi connectivity index (χ2n) is 6.27. The molecule has 0 aliphatic rings. The average Bonchev–Trinajstić information content (AvgIpc) is 2.61. The number of nitrogens with zero attached hydrogens (tertiary/aromatic N) is 1. The van der Waals surface area contributed by atoms with Gasteiger partial charge in [0.15, 0.2) is 0 Å². The van der Waals surface area contributed by atoms with E-state index in [2.05, 4.69) is 24.3 Å². The molecule has 0 aromatic heterocycles. The van der Waals surface area contributed by atoms with Gasteiger partial charge in [0.2, 0.25) is 15.9 Å². The van der Waals surface area contributed by atoms with Crippen LogP contribution in [0.4, 0.5) is 0 Å². The summed E-state index contributed by atoms with van der Waals surface area (Å²) >= 11 is 1.58. The van der Waals surface area contributed by atoms with Gasteiger partial charge in [-0.05, 0) is 37.1 Å². The zero-order valence-corrected chi connectivity index (χ0v) is 16.8. The van der Waals surface area contributed by atoms with Gasteiger partial charge in [-0.1, -0.05) is 42.0 Å². The van der Waals surface area contributed by atoms with E-state index in [0.717, 1.165) is 11.3 Å². The highest BCUT2D eigenvalue weighted by molar-refractivity contribution is 7.99. The van der Waals surface area contributed by atoms with Gasteiger partial charge in [-0.15, -0.1) is 11.8 Å². The lowest BCUT2D eigenvalue weighted by atomic mass is 10.1. The quantitative estimate of drug-likeness (QED) is 0.785. The minimum Gasteiger partial charge on any atom is -0.338 e. The van der Waals surface area contributed by atoms with Gasteiger partial charge in [-0.2, -0.15) is 0 Å². The van der Waals surface area contributed by atoms with Crippen LogP contribution in [0, 0.1) is 6.92 Å². The maximum atomic E-state index is 12.4. The Kier molecular flexibility index (Phi) is 6.86. The highest BCUT2D eigenvalue weighted by Crippen LogP contribution is 2.22. The van der Waals surface area contributed by atoms with Gasteiger partial charge >= 0.3 is 0 Å². The fourth-order valence-electron chi connectivity index (χ4n) is 2.42. The summed E-state index contributed by atoms with van der Waals surface area (Å²) in [4.78, 5) is 14.2. The molecule has 1 atom stereocenters. The number of carbonyl (C=O) groups is 1. The summed E-state index contributed by atoms with van der Waals surface area (Å²) in [7, 11) is -1.95. The molecule has 2 aromatic carbocycles. The Morgan fingerprint density at radius 1 is 1.12 bits per heavy atom. The summed E-state index contributed by atoms with van der Waals surface area (Å²) in [5, 5.41) is 5.11. The zero-order valence-electron chi connectivity index (χ0n) is 15.2. The Morgan fingerprint density at radius 2 is 1.69 bits per heavy atom. The molecule has 1 amide bonds. The SMILES string of the molecule is Cc1ccc(CSCC(=O)N(C)C(C)c2ccc(S(N)(=O)=O)cc2)cc1. The number of primary sulfonamides is 1. The van der Waals surface area contributed by atoms with E-state index in [0.29, 0.717) is 5.75 Å². The molecule has 2 N–H and O–H groups in total. The van der Waals surface area contributed by atoms with E-state index in [1.165, 1.54) is 23.3 Å². The van der Waals surface area contributed by atoms with Gasteiger partial charge in [0.05, 0.1) is 16.7 Å². The van der Waals surface area contributed by atoms with E-state index in [1.807, 2.05) is 13.8 Å². The van der Waals surface area contributed by atoms with Crippen molar-refractivity contribution in [2.24, 2.45) is 5.14 Å². The lowest BCUT2D eigenvalue weighted by Crippen LogP contribution is -2.31. The molecule has 0 saturated carbocycles. The molecular weight excluding hydrogens is 368 g/mol. The zero-order chi connectivity index (χ0) is 19.3. The van der Waals surface area contributed by atoms with Crippen molar-refractivity contribution in [3.05, 3.63) is 65.2 Å². The summed E-state index contributed by atoms with van der Waals surface area (Å²) in [5.74, 6) is 1.21. The van der Waals surface area contributed by atoms with E-state index in [1.54, 1.807) is 35.8 Å². The first-order chi connectivity index (χ1) is 12.2. The van der Waals surface area contributed by atoms with Crippen molar-refractivity contribution in [1.29, 1.82) is 0 Å². The van der Waals surface area contributed by atoms with Crippen LogP contribution >= 0.6 is 11.8 Å². The van der Waals surface area contributed by atoms with Gasteiger partial charge in [-0.25, -0.2) is 13.6 Å². The molecule has 0 aliphatic carbocycles. The standard InChI is InChI=1S/C19H24N2O3S2/c1-14-4-6-16(7-5-14)12-25-13-19(22)21(3)15(2)17-8-10-18(11-9-17)26(20,23)24/h4-11,15H,12-13H2,1-3H3,(H2,20,23,24). The molecule has 26 heavy (non-hydrogen) atoms. The largest absolute Gasteiger partial charge is 0.338 e. The third-order valence-electron chi connectivity index (χ3n) is 4.28. The van der Waals surface area contributed by atoms with Crippen molar-refractivity contribution in [2.75, 3.05) is 12.8 Å². The number of amides is 1. The Hall–Kier alpha value is -1.83. The van der Waals surface area contributed by atoms with Crippen molar-refractivity contribution in [3.8, 4) is 0 Å². The summed E-state index contributed by atoms with van der Waals surface area (Å²) in [5.41, 5.74) is 3.27. The molecular formula is C19H24N2O3S2. The molecule has 0 bridgehead atoms. The van der Waals surface area contributed by atoms with Crippen LogP contribution in [0.5, 0.6) is 0 Å². The van der Waals surface area contributed by atoms with Crippen molar-refractivity contribution in [2.45, 2.75) is 30.5 Å². The Balaban J connectivity index is 1.91. The number of carbonyl (C=O) groups excluding carboxylic acids is 1. The second kappa shape index (κ2) is 8.70. The van der Waals surface area contributed by atoms with Crippen LogP contribution in [0.15, 0.2) is 53.4 Å². The number of hydrogen-bond donors (Lipinski definition) is 1. The highest BCUT2D eigenvalue weighted by atomic mass is 32.2. The number of sulfonamides is 1. The van der Waals surface area contributed by atoms with Crippen molar-refractivity contribution >= 4 is 27.7 Å². The monoisotopic (exact) mass is 392 g/mol.